The van der Waals surface area contributed by atoms with E-state index in [1.54, 1.807) is 11.2 Å². The molecule has 0 aliphatic rings. The predicted octanol–water partition coefficient (Wildman–Crippen LogP) is 4.34. The first kappa shape index (κ1) is 16.0. The summed E-state index contributed by atoms with van der Waals surface area (Å²) in [5, 5.41) is 0. The third-order valence-corrected chi connectivity index (χ3v) is 2.61. The van der Waals surface area contributed by atoms with E-state index in [0.717, 1.165) is 24.8 Å². The van der Waals surface area contributed by atoms with E-state index >= 15 is 0 Å². The monoisotopic (exact) mass is 241 g/mol. The largest absolute Gasteiger partial charge is 0.418 e. The van der Waals surface area contributed by atoms with Crippen molar-refractivity contribution in [1.29, 1.82) is 0 Å². The number of hydrogen-bond donors (Lipinski definition) is 0. The Hall–Kier alpha value is -0.990. The Bertz CT molecular complexity index is 249. The second kappa shape index (κ2) is 8.15. The molecular formula is C14H27NO2. The lowest BCUT2D eigenvalue weighted by molar-refractivity contribution is 0.108. The van der Waals surface area contributed by atoms with E-state index in [9.17, 15) is 4.79 Å². The maximum Gasteiger partial charge on any atom is 0.415 e. The van der Waals surface area contributed by atoms with Gasteiger partial charge in [0.05, 0.1) is 6.26 Å². The molecule has 0 unspecified atom stereocenters. The van der Waals surface area contributed by atoms with Crippen molar-refractivity contribution in [3.8, 4) is 0 Å². The number of allylic oxidation sites excluding steroid dienone is 1. The fourth-order valence-corrected chi connectivity index (χ4v) is 1.74. The van der Waals surface area contributed by atoms with Crippen LogP contribution in [0, 0.1) is 0 Å². The zero-order valence-electron chi connectivity index (χ0n) is 12.1. The summed E-state index contributed by atoms with van der Waals surface area (Å²) in [6, 6.07) is 0.318. The summed E-state index contributed by atoms with van der Waals surface area (Å²) in [6.07, 6.45) is 4.62. The van der Waals surface area contributed by atoms with E-state index in [2.05, 4.69) is 6.92 Å². The van der Waals surface area contributed by atoms with Crippen molar-refractivity contribution in [2.45, 2.75) is 72.9 Å². The molecule has 0 rings (SSSR count). The lowest BCUT2D eigenvalue weighted by Gasteiger charge is -2.29. The minimum Gasteiger partial charge on any atom is -0.418 e. The average Bonchev–Trinajstić information content (AvgIpc) is 2.22. The molecule has 0 heterocycles. The lowest BCUT2D eigenvalue weighted by Crippen LogP contribution is -2.41. The molecule has 0 saturated heterocycles. The molecule has 0 aromatic heterocycles. The van der Waals surface area contributed by atoms with Crippen molar-refractivity contribution in [1.82, 2.24) is 4.90 Å². The Morgan fingerprint density at radius 1 is 1.24 bits per heavy atom. The summed E-state index contributed by atoms with van der Waals surface area (Å²) in [7, 11) is 0. The second-order valence-corrected chi connectivity index (χ2v) is 5.05. The normalized spacial score (nSPS) is 12.1. The van der Waals surface area contributed by atoms with Crippen molar-refractivity contribution < 1.29 is 9.53 Å². The van der Waals surface area contributed by atoms with Gasteiger partial charge in [-0.25, -0.2) is 4.79 Å². The van der Waals surface area contributed by atoms with Crippen molar-refractivity contribution in [2.24, 2.45) is 0 Å². The van der Waals surface area contributed by atoms with Gasteiger partial charge in [-0.15, -0.1) is 0 Å². The summed E-state index contributed by atoms with van der Waals surface area (Å²) in [5.41, 5.74) is 1.12. The summed E-state index contributed by atoms with van der Waals surface area (Å²) in [5.74, 6) is 0. The highest BCUT2D eigenvalue weighted by atomic mass is 16.5. The Balaban J connectivity index is 4.32. The van der Waals surface area contributed by atoms with Crippen molar-refractivity contribution in [3.63, 3.8) is 0 Å². The second-order valence-electron chi connectivity index (χ2n) is 5.05. The molecule has 0 N–H and O–H groups in total. The average molecular weight is 241 g/mol. The van der Waals surface area contributed by atoms with E-state index in [1.807, 2.05) is 34.6 Å². The lowest BCUT2D eigenvalue weighted by atomic mass is 10.1. The molecule has 3 heteroatoms. The van der Waals surface area contributed by atoms with E-state index in [0.29, 0.717) is 0 Å². The minimum absolute atomic E-state index is 0.159. The van der Waals surface area contributed by atoms with Crippen molar-refractivity contribution in [3.05, 3.63) is 11.8 Å². The highest BCUT2D eigenvalue weighted by Gasteiger charge is 2.20. The molecule has 3 nitrogen and oxygen atoms in total. The zero-order valence-corrected chi connectivity index (χ0v) is 12.1. The molecule has 0 saturated carbocycles. The number of hydrogen-bond acceptors (Lipinski definition) is 2. The first-order valence-corrected chi connectivity index (χ1v) is 6.54. The molecule has 0 fully saturated rings. The van der Waals surface area contributed by atoms with Crippen LogP contribution in [0.3, 0.4) is 0 Å². The Morgan fingerprint density at radius 2 is 1.76 bits per heavy atom. The smallest absolute Gasteiger partial charge is 0.415 e. The maximum absolute atomic E-state index is 11.9. The van der Waals surface area contributed by atoms with Crippen LogP contribution >= 0.6 is 0 Å². The number of rotatable bonds is 6. The first-order valence-electron chi connectivity index (χ1n) is 6.54. The van der Waals surface area contributed by atoms with Crippen molar-refractivity contribution in [2.75, 3.05) is 0 Å². The number of unbranched alkanes of at least 4 members (excludes halogenated alkanes) is 1. The molecule has 0 atom stereocenters. The molecule has 0 radical (unpaired) electrons. The molecule has 17 heavy (non-hydrogen) atoms. The van der Waals surface area contributed by atoms with Gasteiger partial charge in [0.1, 0.15) is 0 Å². The molecule has 1 amide bonds. The predicted molar refractivity (Wildman–Crippen MR) is 71.9 cm³/mol. The Kier molecular flexibility index (Phi) is 7.68. The first-order chi connectivity index (χ1) is 7.90. The van der Waals surface area contributed by atoms with E-state index in [1.165, 1.54) is 0 Å². The van der Waals surface area contributed by atoms with Crippen LogP contribution in [0.2, 0.25) is 0 Å². The summed E-state index contributed by atoms with van der Waals surface area (Å²) in [4.78, 5) is 13.6. The molecule has 0 aliphatic carbocycles. The molecular weight excluding hydrogens is 214 g/mol. The highest BCUT2D eigenvalue weighted by Crippen LogP contribution is 2.10. The molecule has 0 aromatic rings. The van der Waals surface area contributed by atoms with Crippen LogP contribution in [0.1, 0.15) is 60.8 Å². The van der Waals surface area contributed by atoms with Gasteiger partial charge in [0.25, 0.3) is 0 Å². The number of amides is 1. The Morgan fingerprint density at radius 3 is 2.18 bits per heavy atom. The number of ether oxygens (including phenoxy) is 1. The third-order valence-electron chi connectivity index (χ3n) is 2.61. The number of carbonyl (C=O) groups is 1. The van der Waals surface area contributed by atoms with Gasteiger partial charge in [0, 0.05) is 12.1 Å². The fraction of sp³-hybridized carbons (Fsp3) is 0.786. The van der Waals surface area contributed by atoms with Gasteiger partial charge in [-0.05, 0) is 53.0 Å². The van der Waals surface area contributed by atoms with Gasteiger partial charge in [0.15, 0.2) is 0 Å². The van der Waals surface area contributed by atoms with Crippen LogP contribution in [0.25, 0.3) is 0 Å². The molecule has 0 aromatic carbocycles. The van der Waals surface area contributed by atoms with Crippen LogP contribution in [0.15, 0.2) is 11.8 Å². The summed E-state index contributed by atoms with van der Waals surface area (Å²) in [6.45, 7) is 12.1. The number of carbonyl (C=O) groups excluding carboxylic acids is 1. The van der Waals surface area contributed by atoms with Crippen LogP contribution in [-0.4, -0.2) is 23.1 Å². The molecule has 0 bridgehead atoms. The van der Waals surface area contributed by atoms with Crippen LogP contribution in [0.5, 0.6) is 0 Å². The zero-order chi connectivity index (χ0) is 13.4. The summed E-state index contributed by atoms with van der Waals surface area (Å²) >= 11 is 0. The highest BCUT2D eigenvalue weighted by molar-refractivity contribution is 5.69. The van der Waals surface area contributed by atoms with Gasteiger partial charge >= 0.3 is 6.09 Å². The molecule has 0 aliphatic heterocycles. The van der Waals surface area contributed by atoms with Gasteiger partial charge < -0.3 is 9.64 Å². The minimum atomic E-state index is -0.258. The summed E-state index contributed by atoms with van der Waals surface area (Å²) < 4.78 is 5.21. The van der Waals surface area contributed by atoms with E-state index in [4.69, 9.17) is 4.74 Å². The quantitative estimate of drug-likeness (QED) is 0.647. The SMILES string of the molecule is CCCCC(C)=COC(=O)N(C(C)C)C(C)C. The van der Waals surface area contributed by atoms with Crippen LogP contribution < -0.4 is 0 Å². The van der Waals surface area contributed by atoms with Gasteiger partial charge in [-0.1, -0.05) is 13.3 Å². The van der Waals surface area contributed by atoms with Gasteiger partial charge in [0.2, 0.25) is 0 Å². The topological polar surface area (TPSA) is 29.5 Å². The van der Waals surface area contributed by atoms with E-state index < -0.39 is 0 Å². The van der Waals surface area contributed by atoms with E-state index in [-0.39, 0.29) is 18.2 Å². The van der Waals surface area contributed by atoms with Gasteiger partial charge in [-0.2, -0.15) is 0 Å². The Labute approximate surface area is 106 Å². The molecule has 0 spiro atoms. The third kappa shape index (κ3) is 6.35. The standard InChI is InChI=1S/C14H27NO2/c1-7-8-9-13(6)10-17-14(16)15(11(2)3)12(4)5/h10-12H,7-9H2,1-6H3. The number of nitrogens with zero attached hydrogens (tertiary/aromatic N) is 1. The van der Waals surface area contributed by atoms with Crippen LogP contribution in [0.4, 0.5) is 4.79 Å². The maximum atomic E-state index is 11.9. The van der Waals surface area contributed by atoms with Crippen molar-refractivity contribution >= 4 is 6.09 Å². The van der Waals surface area contributed by atoms with Gasteiger partial charge in [-0.3, -0.25) is 0 Å². The fourth-order valence-electron chi connectivity index (χ4n) is 1.74. The molecule has 100 valence electrons. The van der Waals surface area contributed by atoms with Crippen LogP contribution in [-0.2, 0) is 4.74 Å².